The van der Waals surface area contributed by atoms with Gasteiger partial charge in [-0.3, -0.25) is 0 Å². The molecule has 2 unspecified atom stereocenters. The number of aryl methyl sites for hydroxylation is 1. The van der Waals surface area contributed by atoms with Crippen LogP contribution in [-0.4, -0.2) is 31.1 Å². The summed E-state index contributed by atoms with van der Waals surface area (Å²) in [5.41, 5.74) is 0. The van der Waals surface area contributed by atoms with E-state index in [-0.39, 0.29) is 0 Å². The Hall–Kier alpha value is -0.800. The van der Waals surface area contributed by atoms with Crippen LogP contribution in [0.2, 0.25) is 0 Å². The van der Waals surface area contributed by atoms with E-state index in [9.17, 15) is 0 Å². The van der Waals surface area contributed by atoms with Crippen LogP contribution in [0.3, 0.4) is 0 Å². The molecule has 3 nitrogen and oxygen atoms in total. The highest BCUT2D eigenvalue weighted by molar-refractivity contribution is 5.05. The van der Waals surface area contributed by atoms with Crippen LogP contribution in [0.5, 0.6) is 0 Å². The van der Waals surface area contributed by atoms with Gasteiger partial charge in [-0.05, 0) is 45.0 Å². The summed E-state index contributed by atoms with van der Waals surface area (Å²) < 4.78 is 5.56. The van der Waals surface area contributed by atoms with Crippen LogP contribution in [-0.2, 0) is 6.54 Å². The Balaban J connectivity index is 1.81. The molecule has 2 rings (SSSR count). The fourth-order valence-electron chi connectivity index (χ4n) is 2.47. The molecule has 3 heteroatoms. The first-order chi connectivity index (χ1) is 7.65. The van der Waals surface area contributed by atoms with Gasteiger partial charge in [-0.15, -0.1) is 0 Å². The van der Waals surface area contributed by atoms with Gasteiger partial charge in [0.2, 0.25) is 0 Å². The molecule has 2 atom stereocenters. The second kappa shape index (κ2) is 5.02. The molecule has 0 bridgehead atoms. The first-order valence-electron chi connectivity index (χ1n) is 6.12. The average Bonchev–Trinajstić information content (AvgIpc) is 2.63. The van der Waals surface area contributed by atoms with Crippen molar-refractivity contribution in [3.05, 3.63) is 23.7 Å². The number of hydrogen-bond acceptors (Lipinski definition) is 3. The van der Waals surface area contributed by atoms with Crippen molar-refractivity contribution < 1.29 is 4.42 Å². The third-order valence-corrected chi connectivity index (χ3v) is 3.44. The first kappa shape index (κ1) is 11.7. The van der Waals surface area contributed by atoms with Crippen molar-refractivity contribution in [2.24, 2.45) is 5.92 Å². The molecule has 0 spiro atoms. The van der Waals surface area contributed by atoms with Gasteiger partial charge in [0.25, 0.3) is 0 Å². The van der Waals surface area contributed by atoms with E-state index in [2.05, 4.69) is 30.3 Å². The predicted octanol–water partition coefficient (Wildman–Crippen LogP) is 2.02. The Labute approximate surface area is 97.8 Å². The van der Waals surface area contributed by atoms with E-state index in [1.54, 1.807) is 0 Å². The highest BCUT2D eigenvalue weighted by atomic mass is 16.3. The molecule has 1 N–H and O–H groups in total. The summed E-state index contributed by atoms with van der Waals surface area (Å²) in [6.07, 6.45) is 1.23. The Bertz CT molecular complexity index is 334. The molecular formula is C13H22N2O. The maximum Gasteiger partial charge on any atom is 0.117 e. The molecule has 0 aromatic carbocycles. The smallest absolute Gasteiger partial charge is 0.117 e. The van der Waals surface area contributed by atoms with E-state index < -0.39 is 0 Å². The Morgan fingerprint density at radius 1 is 1.50 bits per heavy atom. The Morgan fingerprint density at radius 3 is 2.94 bits per heavy atom. The zero-order chi connectivity index (χ0) is 11.5. The fourth-order valence-corrected chi connectivity index (χ4v) is 2.47. The van der Waals surface area contributed by atoms with E-state index in [0.717, 1.165) is 24.0 Å². The van der Waals surface area contributed by atoms with E-state index in [4.69, 9.17) is 4.42 Å². The van der Waals surface area contributed by atoms with E-state index in [0.29, 0.717) is 6.04 Å². The SMILES string of the molecule is Cc1ccc(CNC2CCN(C)CC2C)o1. The molecule has 0 amide bonds. The van der Waals surface area contributed by atoms with Gasteiger partial charge in [-0.2, -0.15) is 0 Å². The van der Waals surface area contributed by atoms with Crippen molar-refractivity contribution in [2.45, 2.75) is 32.9 Å². The molecule has 0 saturated carbocycles. The third-order valence-electron chi connectivity index (χ3n) is 3.44. The summed E-state index contributed by atoms with van der Waals surface area (Å²) in [5, 5.41) is 3.60. The van der Waals surface area contributed by atoms with Gasteiger partial charge >= 0.3 is 0 Å². The van der Waals surface area contributed by atoms with Crippen LogP contribution >= 0.6 is 0 Å². The summed E-state index contributed by atoms with van der Waals surface area (Å²) in [6.45, 7) is 7.54. The van der Waals surface area contributed by atoms with Crippen molar-refractivity contribution >= 4 is 0 Å². The minimum Gasteiger partial charge on any atom is -0.465 e. The molecule has 1 aliphatic heterocycles. The number of hydrogen-bond donors (Lipinski definition) is 1. The highest BCUT2D eigenvalue weighted by Crippen LogP contribution is 2.16. The number of rotatable bonds is 3. The molecule has 0 aliphatic carbocycles. The lowest BCUT2D eigenvalue weighted by Gasteiger charge is -2.35. The van der Waals surface area contributed by atoms with Gasteiger partial charge in [0.15, 0.2) is 0 Å². The second-order valence-electron chi connectivity index (χ2n) is 5.03. The van der Waals surface area contributed by atoms with E-state index in [1.165, 1.54) is 19.5 Å². The van der Waals surface area contributed by atoms with Crippen LogP contribution in [0, 0.1) is 12.8 Å². The third kappa shape index (κ3) is 2.86. The monoisotopic (exact) mass is 222 g/mol. The van der Waals surface area contributed by atoms with Gasteiger partial charge in [0, 0.05) is 12.6 Å². The number of nitrogens with zero attached hydrogens (tertiary/aromatic N) is 1. The summed E-state index contributed by atoms with van der Waals surface area (Å²) in [7, 11) is 2.20. The van der Waals surface area contributed by atoms with Crippen LogP contribution in [0.1, 0.15) is 24.9 Å². The minimum atomic E-state index is 0.626. The maximum absolute atomic E-state index is 5.56. The minimum absolute atomic E-state index is 0.626. The molecule has 1 aliphatic rings. The number of likely N-dealkylation sites (tertiary alicyclic amines) is 1. The molecule has 1 fully saturated rings. The first-order valence-corrected chi connectivity index (χ1v) is 6.12. The number of piperidine rings is 1. The molecule has 0 radical (unpaired) electrons. The molecule has 1 saturated heterocycles. The van der Waals surface area contributed by atoms with E-state index in [1.807, 2.05) is 13.0 Å². The van der Waals surface area contributed by atoms with Crippen molar-refractivity contribution in [3.63, 3.8) is 0 Å². The van der Waals surface area contributed by atoms with Gasteiger partial charge in [-0.1, -0.05) is 6.92 Å². The predicted molar refractivity (Wildman–Crippen MR) is 65.4 cm³/mol. The number of furan rings is 1. The van der Waals surface area contributed by atoms with Crippen molar-refractivity contribution in [3.8, 4) is 0 Å². The van der Waals surface area contributed by atoms with Crippen molar-refractivity contribution in [1.29, 1.82) is 0 Å². The van der Waals surface area contributed by atoms with Crippen molar-refractivity contribution in [1.82, 2.24) is 10.2 Å². The normalized spacial score (nSPS) is 27.2. The average molecular weight is 222 g/mol. The van der Waals surface area contributed by atoms with Crippen LogP contribution < -0.4 is 5.32 Å². The summed E-state index contributed by atoms with van der Waals surface area (Å²) >= 11 is 0. The molecule has 90 valence electrons. The highest BCUT2D eigenvalue weighted by Gasteiger charge is 2.23. The summed E-state index contributed by atoms with van der Waals surface area (Å²) in [5.74, 6) is 2.76. The molecule has 16 heavy (non-hydrogen) atoms. The summed E-state index contributed by atoms with van der Waals surface area (Å²) in [6, 6.07) is 4.71. The zero-order valence-corrected chi connectivity index (χ0v) is 10.5. The zero-order valence-electron chi connectivity index (χ0n) is 10.5. The van der Waals surface area contributed by atoms with Crippen LogP contribution in [0.15, 0.2) is 16.5 Å². The van der Waals surface area contributed by atoms with Crippen molar-refractivity contribution in [2.75, 3.05) is 20.1 Å². The quantitative estimate of drug-likeness (QED) is 0.848. The lowest BCUT2D eigenvalue weighted by atomic mass is 9.94. The topological polar surface area (TPSA) is 28.4 Å². The summed E-state index contributed by atoms with van der Waals surface area (Å²) in [4.78, 5) is 2.40. The van der Waals surface area contributed by atoms with Gasteiger partial charge in [0.1, 0.15) is 11.5 Å². The lowest BCUT2D eigenvalue weighted by molar-refractivity contribution is 0.172. The van der Waals surface area contributed by atoms with Crippen LogP contribution in [0.4, 0.5) is 0 Å². The number of nitrogens with one attached hydrogen (secondary N) is 1. The standard InChI is InChI=1S/C13H22N2O/c1-10-9-15(3)7-6-13(10)14-8-12-5-4-11(2)16-12/h4-5,10,13-14H,6-9H2,1-3H3. The van der Waals surface area contributed by atoms with Gasteiger partial charge < -0.3 is 14.6 Å². The lowest BCUT2D eigenvalue weighted by Crippen LogP contribution is -2.46. The molecule has 1 aromatic heterocycles. The Morgan fingerprint density at radius 2 is 2.31 bits per heavy atom. The second-order valence-corrected chi connectivity index (χ2v) is 5.03. The van der Waals surface area contributed by atoms with Gasteiger partial charge in [0.05, 0.1) is 6.54 Å². The molecular weight excluding hydrogens is 200 g/mol. The van der Waals surface area contributed by atoms with Crippen LogP contribution in [0.25, 0.3) is 0 Å². The fraction of sp³-hybridized carbons (Fsp3) is 0.692. The molecule has 1 aromatic rings. The largest absolute Gasteiger partial charge is 0.465 e. The maximum atomic E-state index is 5.56. The van der Waals surface area contributed by atoms with E-state index >= 15 is 0 Å². The Kier molecular flexibility index (Phi) is 3.66. The molecule has 2 heterocycles. The van der Waals surface area contributed by atoms with Gasteiger partial charge in [-0.25, -0.2) is 0 Å².